The molecule has 0 bridgehead atoms. The number of halogens is 1. The van der Waals surface area contributed by atoms with E-state index in [4.69, 9.17) is 22.1 Å². The molecule has 2 aromatic rings. The van der Waals surface area contributed by atoms with Crippen LogP contribution in [0.5, 0.6) is 5.75 Å². The fraction of sp³-hybridized carbons (Fsp3) is 0.143. The topological polar surface area (TPSA) is 77.2 Å². The number of amides is 1. The van der Waals surface area contributed by atoms with Crippen LogP contribution in [0.1, 0.15) is 15.9 Å². The van der Waals surface area contributed by atoms with Crippen LogP contribution >= 0.6 is 11.6 Å². The van der Waals surface area contributed by atoms with Gasteiger partial charge in [-0.25, -0.2) is 4.98 Å². The number of hydrogen-bond acceptors (Lipinski definition) is 4. The van der Waals surface area contributed by atoms with Crippen molar-refractivity contribution in [3.8, 4) is 5.75 Å². The van der Waals surface area contributed by atoms with Gasteiger partial charge in [0.1, 0.15) is 11.6 Å². The molecule has 0 spiro atoms. The average Bonchev–Trinajstić information content (AvgIpc) is 2.47. The maximum absolute atomic E-state index is 12.0. The predicted molar refractivity (Wildman–Crippen MR) is 77.8 cm³/mol. The van der Waals surface area contributed by atoms with Crippen LogP contribution < -0.4 is 15.8 Å². The third-order valence-corrected chi connectivity index (χ3v) is 3.02. The number of methoxy groups -OCH3 is 1. The number of pyridine rings is 1. The molecule has 0 saturated heterocycles. The number of carbonyl (C=O) groups excluding carboxylic acids is 1. The molecule has 0 saturated carbocycles. The zero-order valence-electron chi connectivity index (χ0n) is 10.9. The van der Waals surface area contributed by atoms with Crippen molar-refractivity contribution < 1.29 is 9.53 Å². The molecule has 0 aliphatic carbocycles. The lowest BCUT2D eigenvalue weighted by atomic mass is 10.2. The molecule has 0 aliphatic rings. The highest BCUT2D eigenvalue weighted by atomic mass is 35.5. The molecule has 2 rings (SSSR count). The number of benzene rings is 1. The quantitative estimate of drug-likeness (QED) is 0.906. The molecule has 0 fully saturated rings. The second-order valence-corrected chi connectivity index (χ2v) is 4.53. The van der Waals surface area contributed by atoms with Gasteiger partial charge in [-0.3, -0.25) is 4.79 Å². The van der Waals surface area contributed by atoms with Crippen LogP contribution in [0.2, 0.25) is 5.02 Å². The Balaban J connectivity index is 2.02. The molecule has 1 heterocycles. The first kappa shape index (κ1) is 14.1. The number of nitrogen functional groups attached to an aromatic ring is 1. The second-order valence-electron chi connectivity index (χ2n) is 4.13. The van der Waals surface area contributed by atoms with E-state index in [0.29, 0.717) is 12.1 Å². The first-order valence-corrected chi connectivity index (χ1v) is 6.30. The SMILES string of the molecule is COc1cccc(CNC(=O)c2cnc(N)c(Cl)c2)c1. The molecule has 1 aromatic heterocycles. The van der Waals surface area contributed by atoms with Crippen LogP contribution in [0.4, 0.5) is 5.82 Å². The molecule has 0 unspecified atom stereocenters. The van der Waals surface area contributed by atoms with Crippen molar-refractivity contribution in [2.75, 3.05) is 12.8 Å². The molecule has 0 radical (unpaired) electrons. The first-order chi connectivity index (χ1) is 9.60. The van der Waals surface area contributed by atoms with E-state index in [-0.39, 0.29) is 16.7 Å². The van der Waals surface area contributed by atoms with Crippen LogP contribution in [0.3, 0.4) is 0 Å². The van der Waals surface area contributed by atoms with Crippen molar-refractivity contribution >= 4 is 23.3 Å². The molecule has 3 N–H and O–H groups in total. The number of aromatic nitrogens is 1. The highest BCUT2D eigenvalue weighted by Crippen LogP contribution is 2.17. The van der Waals surface area contributed by atoms with Gasteiger partial charge in [0.2, 0.25) is 0 Å². The van der Waals surface area contributed by atoms with E-state index < -0.39 is 0 Å². The summed E-state index contributed by atoms with van der Waals surface area (Å²) >= 11 is 5.83. The third kappa shape index (κ3) is 3.39. The van der Waals surface area contributed by atoms with Gasteiger partial charge in [0, 0.05) is 12.7 Å². The molecule has 20 heavy (non-hydrogen) atoms. The van der Waals surface area contributed by atoms with Gasteiger partial charge in [0.25, 0.3) is 5.91 Å². The average molecular weight is 292 g/mol. The number of anilines is 1. The largest absolute Gasteiger partial charge is 0.497 e. The molecular weight excluding hydrogens is 278 g/mol. The minimum atomic E-state index is -0.262. The van der Waals surface area contributed by atoms with Gasteiger partial charge >= 0.3 is 0 Å². The number of carbonyl (C=O) groups is 1. The number of ether oxygens (including phenoxy) is 1. The smallest absolute Gasteiger partial charge is 0.253 e. The van der Waals surface area contributed by atoms with E-state index in [1.54, 1.807) is 7.11 Å². The number of nitrogens with zero attached hydrogens (tertiary/aromatic N) is 1. The Labute approximate surface area is 121 Å². The lowest BCUT2D eigenvalue weighted by Gasteiger charge is -2.07. The third-order valence-electron chi connectivity index (χ3n) is 2.72. The maximum atomic E-state index is 12.0. The summed E-state index contributed by atoms with van der Waals surface area (Å²) < 4.78 is 5.12. The lowest BCUT2D eigenvalue weighted by molar-refractivity contribution is 0.0950. The Kier molecular flexibility index (Phi) is 4.42. The Morgan fingerprint density at radius 1 is 1.45 bits per heavy atom. The molecule has 0 aliphatic heterocycles. The fourth-order valence-electron chi connectivity index (χ4n) is 1.64. The van der Waals surface area contributed by atoms with Crippen LogP contribution in [0, 0.1) is 0 Å². The monoisotopic (exact) mass is 291 g/mol. The highest BCUT2D eigenvalue weighted by Gasteiger charge is 2.08. The van der Waals surface area contributed by atoms with E-state index in [1.807, 2.05) is 24.3 Å². The van der Waals surface area contributed by atoms with Crippen molar-refractivity contribution in [2.24, 2.45) is 0 Å². The van der Waals surface area contributed by atoms with E-state index in [0.717, 1.165) is 11.3 Å². The number of nitrogens with one attached hydrogen (secondary N) is 1. The van der Waals surface area contributed by atoms with Crippen molar-refractivity contribution in [3.63, 3.8) is 0 Å². The van der Waals surface area contributed by atoms with Gasteiger partial charge in [-0.05, 0) is 23.8 Å². The van der Waals surface area contributed by atoms with Crippen molar-refractivity contribution in [1.82, 2.24) is 10.3 Å². The highest BCUT2D eigenvalue weighted by molar-refractivity contribution is 6.33. The molecule has 6 heteroatoms. The summed E-state index contributed by atoms with van der Waals surface area (Å²) in [6, 6.07) is 8.95. The zero-order valence-corrected chi connectivity index (χ0v) is 11.6. The summed E-state index contributed by atoms with van der Waals surface area (Å²) in [6.07, 6.45) is 1.39. The summed E-state index contributed by atoms with van der Waals surface area (Å²) in [5.41, 5.74) is 6.80. The molecule has 0 atom stereocenters. The van der Waals surface area contributed by atoms with Crippen molar-refractivity contribution in [1.29, 1.82) is 0 Å². The van der Waals surface area contributed by atoms with Crippen LogP contribution in [0.15, 0.2) is 36.5 Å². The van der Waals surface area contributed by atoms with Gasteiger partial charge in [-0.1, -0.05) is 23.7 Å². The second kappa shape index (κ2) is 6.25. The van der Waals surface area contributed by atoms with Crippen molar-refractivity contribution in [2.45, 2.75) is 6.54 Å². The Morgan fingerprint density at radius 3 is 2.95 bits per heavy atom. The van der Waals surface area contributed by atoms with E-state index >= 15 is 0 Å². The minimum Gasteiger partial charge on any atom is -0.497 e. The summed E-state index contributed by atoms with van der Waals surface area (Å²) in [6.45, 7) is 0.387. The first-order valence-electron chi connectivity index (χ1n) is 5.92. The van der Waals surface area contributed by atoms with Crippen LogP contribution in [0.25, 0.3) is 0 Å². The number of nitrogens with two attached hydrogens (primary N) is 1. The van der Waals surface area contributed by atoms with E-state index in [9.17, 15) is 4.79 Å². The number of rotatable bonds is 4. The summed E-state index contributed by atoms with van der Waals surface area (Å²) in [7, 11) is 1.60. The summed E-state index contributed by atoms with van der Waals surface area (Å²) in [5.74, 6) is 0.687. The Bertz CT molecular complexity index is 632. The maximum Gasteiger partial charge on any atom is 0.253 e. The normalized spacial score (nSPS) is 10.1. The lowest BCUT2D eigenvalue weighted by Crippen LogP contribution is -2.23. The standard InChI is InChI=1S/C14H14ClN3O2/c1-20-11-4-2-3-9(5-11)7-18-14(19)10-6-12(15)13(16)17-8-10/h2-6,8H,7H2,1H3,(H2,16,17)(H,18,19). The Morgan fingerprint density at radius 2 is 2.25 bits per heavy atom. The van der Waals surface area contributed by atoms with Gasteiger partial charge < -0.3 is 15.8 Å². The van der Waals surface area contributed by atoms with Gasteiger partial charge in [0.15, 0.2) is 0 Å². The van der Waals surface area contributed by atoms with Crippen molar-refractivity contribution in [3.05, 3.63) is 52.7 Å². The molecular formula is C14H14ClN3O2. The molecule has 104 valence electrons. The van der Waals surface area contributed by atoms with E-state index in [2.05, 4.69) is 10.3 Å². The minimum absolute atomic E-state index is 0.205. The Hall–Kier alpha value is -2.27. The van der Waals surface area contributed by atoms with E-state index in [1.165, 1.54) is 12.3 Å². The molecule has 1 amide bonds. The van der Waals surface area contributed by atoms with Gasteiger partial charge in [-0.15, -0.1) is 0 Å². The summed E-state index contributed by atoms with van der Waals surface area (Å²) in [5, 5.41) is 3.04. The van der Waals surface area contributed by atoms with Crippen LogP contribution in [-0.4, -0.2) is 18.0 Å². The molecule has 5 nitrogen and oxygen atoms in total. The number of hydrogen-bond donors (Lipinski definition) is 2. The predicted octanol–water partition coefficient (Wildman–Crippen LogP) is 2.26. The fourth-order valence-corrected chi connectivity index (χ4v) is 1.81. The van der Waals surface area contributed by atoms with Crippen LogP contribution in [-0.2, 0) is 6.54 Å². The van der Waals surface area contributed by atoms with Gasteiger partial charge in [0.05, 0.1) is 17.7 Å². The molecule has 1 aromatic carbocycles. The van der Waals surface area contributed by atoms with Gasteiger partial charge in [-0.2, -0.15) is 0 Å². The zero-order chi connectivity index (χ0) is 14.5. The summed E-state index contributed by atoms with van der Waals surface area (Å²) in [4.78, 5) is 15.8.